The first-order valence-corrected chi connectivity index (χ1v) is 9.09. The Labute approximate surface area is 130 Å². The molecule has 3 atom stereocenters. The maximum Gasteiger partial charge on any atom is 0.0505 e. The Hall–Kier alpha value is -0.0900. The van der Waals surface area contributed by atoms with Gasteiger partial charge in [0.2, 0.25) is 0 Å². The molecule has 0 amide bonds. The predicted molar refractivity (Wildman–Crippen MR) is 90.0 cm³/mol. The Morgan fingerprint density at radius 1 is 1.26 bits per heavy atom. The number of likely N-dealkylation sites (N-methyl/N-ethyl adjacent to an activating group) is 1. The third-order valence-corrected chi connectivity index (χ3v) is 6.27. The number of rotatable bonds is 2. The van der Waals surface area contributed by atoms with Crippen LogP contribution in [0.4, 0.5) is 0 Å². The molecule has 3 rings (SSSR count). The Kier molecular flexibility index (Phi) is 4.18. The lowest BCUT2D eigenvalue weighted by Crippen LogP contribution is -2.45. The first kappa shape index (κ1) is 13.9. The fraction of sp³-hybridized carbons (Fsp3) is 0.647. The second kappa shape index (κ2) is 5.72. The van der Waals surface area contributed by atoms with Crippen LogP contribution in [-0.4, -0.2) is 22.5 Å². The number of benzene rings is 1. The normalized spacial score (nSPS) is 30.0. The van der Waals surface area contributed by atoms with Crippen LogP contribution in [0, 0.1) is 12.8 Å². The SMILES string of the molecule is Cc1ccc2c(c1)C1CCCCC1[C@@H](N(C)CI)C2. The van der Waals surface area contributed by atoms with Gasteiger partial charge in [-0.2, -0.15) is 0 Å². The highest BCUT2D eigenvalue weighted by atomic mass is 127. The lowest BCUT2D eigenvalue weighted by Gasteiger charge is -2.46. The molecular weight excluding hydrogens is 345 g/mol. The van der Waals surface area contributed by atoms with Crippen molar-refractivity contribution in [3.8, 4) is 0 Å². The van der Waals surface area contributed by atoms with E-state index in [0.717, 1.165) is 22.4 Å². The minimum atomic E-state index is 0.761. The van der Waals surface area contributed by atoms with Crippen LogP contribution in [0.5, 0.6) is 0 Å². The van der Waals surface area contributed by atoms with Crippen molar-refractivity contribution >= 4 is 22.6 Å². The van der Waals surface area contributed by atoms with Crippen LogP contribution in [0.1, 0.15) is 48.3 Å². The quantitative estimate of drug-likeness (QED) is 0.421. The minimum absolute atomic E-state index is 0.761. The fourth-order valence-corrected chi connectivity index (χ4v) is 4.71. The molecule has 1 saturated carbocycles. The Bertz CT molecular complexity index is 457. The van der Waals surface area contributed by atoms with E-state index in [4.69, 9.17) is 0 Å². The van der Waals surface area contributed by atoms with Crippen LogP contribution in [0.25, 0.3) is 0 Å². The van der Waals surface area contributed by atoms with Crippen LogP contribution < -0.4 is 0 Å². The summed E-state index contributed by atoms with van der Waals surface area (Å²) in [4.78, 5) is 2.58. The standard InChI is InChI=1S/C17H24IN/c1-12-7-8-13-10-17(19(2)11-18)15-6-4-3-5-14(15)16(13)9-12/h7-9,14-15,17H,3-6,10-11H2,1-2H3/t14?,15?,17-/m0/s1. The van der Waals surface area contributed by atoms with E-state index in [1.807, 2.05) is 0 Å². The van der Waals surface area contributed by atoms with E-state index in [9.17, 15) is 0 Å². The van der Waals surface area contributed by atoms with E-state index in [-0.39, 0.29) is 0 Å². The van der Waals surface area contributed by atoms with Crippen LogP contribution >= 0.6 is 22.6 Å². The summed E-state index contributed by atoms with van der Waals surface area (Å²) in [6.45, 7) is 2.24. The smallest absolute Gasteiger partial charge is 0.0505 e. The van der Waals surface area contributed by atoms with Crippen LogP contribution in [0.2, 0.25) is 0 Å². The molecule has 1 fully saturated rings. The number of halogens is 1. The van der Waals surface area contributed by atoms with E-state index in [0.29, 0.717) is 0 Å². The Morgan fingerprint density at radius 2 is 2.05 bits per heavy atom. The second-order valence-electron chi connectivity index (χ2n) is 6.41. The first-order chi connectivity index (χ1) is 9.20. The summed E-state index contributed by atoms with van der Waals surface area (Å²) in [5.41, 5.74) is 4.74. The van der Waals surface area contributed by atoms with Crippen LogP contribution in [0.15, 0.2) is 18.2 Å². The van der Waals surface area contributed by atoms with Crippen molar-refractivity contribution in [1.82, 2.24) is 4.90 Å². The molecule has 2 unspecified atom stereocenters. The summed E-state index contributed by atoms with van der Waals surface area (Å²) in [5.74, 6) is 1.72. The molecule has 1 aromatic carbocycles. The number of hydrogen-bond acceptors (Lipinski definition) is 1. The third-order valence-electron chi connectivity index (χ3n) is 5.20. The average molecular weight is 369 g/mol. The van der Waals surface area contributed by atoms with Gasteiger partial charge in [0.1, 0.15) is 0 Å². The van der Waals surface area contributed by atoms with Gasteiger partial charge in [0.05, 0.1) is 4.55 Å². The van der Waals surface area contributed by atoms with Gasteiger partial charge in [-0.05, 0) is 56.2 Å². The van der Waals surface area contributed by atoms with Gasteiger partial charge in [-0.25, -0.2) is 0 Å². The molecule has 2 heteroatoms. The number of nitrogens with zero attached hydrogens (tertiary/aromatic N) is 1. The Morgan fingerprint density at radius 3 is 2.84 bits per heavy atom. The summed E-state index contributed by atoms with van der Waals surface area (Å²) in [6, 6.07) is 7.92. The summed E-state index contributed by atoms with van der Waals surface area (Å²) < 4.78 is 1.15. The number of alkyl halides is 1. The van der Waals surface area contributed by atoms with Crippen molar-refractivity contribution in [1.29, 1.82) is 0 Å². The second-order valence-corrected chi connectivity index (χ2v) is 7.09. The summed E-state index contributed by atoms with van der Waals surface area (Å²) in [7, 11) is 2.31. The maximum atomic E-state index is 2.58. The molecule has 0 aliphatic heterocycles. The monoisotopic (exact) mass is 369 g/mol. The first-order valence-electron chi connectivity index (χ1n) is 7.56. The van der Waals surface area contributed by atoms with Gasteiger partial charge >= 0.3 is 0 Å². The third kappa shape index (κ3) is 2.58. The average Bonchev–Trinajstić information content (AvgIpc) is 2.46. The van der Waals surface area contributed by atoms with Gasteiger partial charge in [0.15, 0.2) is 0 Å². The highest BCUT2D eigenvalue weighted by Gasteiger charge is 2.39. The van der Waals surface area contributed by atoms with Crippen molar-refractivity contribution in [2.24, 2.45) is 5.92 Å². The zero-order valence-corrected chi connectivity index (χ0v) is 14.2. The number of aryl methyl sites for hydroxylation is 1. The molecule has 0 N–H and O–H groups in total. The van der Waals surface area contributed by atoms with Gasteiger partial charge in [-0.1, -0.05) is 59.2 Å². The molecule has 0 radical (unpaired) electrons. The molecule has 2 aliphatic carbocycles. The zero-order chi connectivity index (χ0) is 13.4. The molecule has 0 saturated heterocycles. The van der Waals surface area contributed by atoms with Crippen molar-refractivity contribution in [2.75, 3.05) is 11.6 Å². The number of hydrogen-bond donors (Lipinski definition) is 0. The van der Waals surface area contributed by atoms with Crippen LogP contribution in [0.3, 0.4) is 0 Å². The van der Waals surface area contributed by atoms with E-state index in [1.54, 1.807) is 11.1 Å². The molecule has 0 aromatic heterocycles. The molecule has 19 heavy (non-hydrogen) atoms. The summed E-state index contributed by atoms with van der Waals surface area (Å²) in [6.07, 6.45) is 6.97. The van der Waals surface area contributed by atoms with Gasteiger partial charge in [-0.3, -0.25) is 4.90 Å². The maximum absolute atomic E-state index is 2.58. The van der Waals surface area contributed by atoms with E-state index in [1.165, 1.54) is 37.7 Å². The zero-order valence-electron chi connectivity index (χ0n) is 12.0. The van der Waals surface area contributed by atoms with Crippen LogP contribution in [-0.2, 0) is 6.42 Å². The predicted octanol–water partition coefficient (Wildman–Crippen LogP) is 4.52. The minimum Gasteiger partial charge on any atom is -0.294 e. The van der Waals surface area contributed by atoms with E-state index < -0.39 is 0 Å². The molecule has 1 aromatic rings. The fourth-order valence-electron chi connectivity index (χ4n) is 4.20. The molecule has 0 spiro atoms. The molecule has 104 valence electrons. The van der Waals surface area contributed by atoms with Crippen molar-refractivity contribution < 1.29 is 0 Å². The summed E-state index contributed by atoms with van der Waals surface area (Å²) in [5, 5.41) is 0. The van der Waals surface area contributed by atoms with Crippen molar-refractivity contribution in [2.45, 2.75) is 51.0 Å². The van der Waals surface area contributed by atoms with Gasteiger partial charge in [-0.15, -0.1) is 0 Å². The van der Waals surface area contributed by atoms with E-state index in [2.05, 4.69) is 59.7 Å². The molecule has 0 bridgehead atoms. The van der Waals surface area contributed by atoms with Crippen molar-refractivity contribution in [3.05, 3.63) is 34.9 Å². The van der Waals surface area contributed by atoms with Gasteiger partial charge in [0, 0.05) is 6.04 Å². The molecule has 0 heterocycles. The Balaban J connectivity index is 1.99. The lowest BCUT2D eigenvalue weighted by molar-refractivity contribution is 0.133. The summed E-state index contributed by atoms with van der Waals surface area (Å²) >= 11 is 2.51. The highest BCUT2D eigenvalue weighted by molar-refractivity contribution is 14.1. The molecular formula is C17H24IN. The largest absolute Gasteiger partial charge is 0.294 e. The topological polar surface area (TPSA) is 3.24 Å². The van der Waals surface area contributed by atoms with Crippen molar-refractivity contribution in [3.63, 3.8) is 0 Å². The lowest BCUT2D eigenvalue weighted by atomic mass is 9.65. The molecule has 1 nitrogen and oxygen atoms in total. The highest BCUT2D eigenvalue weighted by Crippen LogP contribution is 2.46. The molecule has 2 aliphatic rings. The van der Waals surface area contributed by atoms with E-state index >= 15 is 0 Å². The van der Waals surface area contributed by atoms with Gasteiger partial charge < -0.3 is 0 Å². The van der Waals surface area contributed by atoms with Gasteiger partial charge in [0.25, 0.3) is 0 Å². The number of fused-ring (bicyclic) bond motifs is 3.